The average Bonchev–Trinajstić information content (AvgIpc) is 3.05. The second kappa shape index (κ2) is 11.3. The summed E-state index contributed by atoms with van der Waals surface area (Å²) in [6.07, 6.45) is 4.29. The molecule has 190 valence electrons. The van der Waals surface area contributed by atoms with E-state index in [0.29, 0.717) is 17.0 Å². The van der Waals surface area contributed by atoms with Gasteiger partial charge in [0.1, 0.15) is 5.75 Å². The molecule has 2 heterocycles. The van der Waals surface area contributed by atoms with Crippen LogP contribution >= 0.6 is 27.7 Å². The van der Waals surface area contributed by atoms with Gasteiger partial charge in [-0.3, -0.25) is 9.69 Å². The minimum Gasteiger partial charge on any atom is -0.508 e. The summed E-state index contributed by atoms with van der Waals surface area (Å²) in [5.74, 6) is 1.08. The number of aromatic amines is 1. The standard InChI is InChI=1S/C27H42BrN3O2S/c1-26(2,3)15-20-19-7-8-22(32)21(24(19)30-25(20)34-27(4,5)6)17-31-13-10-18(11-14-31)9-12-29-23(33)16-28/h7-8,18,30,32H,9-17H2,1-6H3,(H,29,33). The lowest BCUT2D eigenvalue weighted by Crippen LogP contribution is -2.35. The molecular weight excluding hydrogens is 510 g/mol. The predicted octanol–water partition coefficient (Wildman–Crippen LogP) is 6.47. The van der Waals surface area contributed by atoms with E-state index in [4.69, 9.17) is 0 Å². The highest BCUT2D eigenvalue weighted by atomic mass is 79.9. The number of carbonyl (C=O) groups is 1. The van der Waals surface area contributed by atoms with Crippen LogP contribution in [0, 0.1) is 11.3 Å². The first kappa shape index (κ1) is 27.4. The molecular formula is C27H42BrN3O2S. The Bertz CT molecular complexity index is 982. The maximum Gasteiger partial charge on any atom is 0.230 e. The molecule has 34 heavy (non-hydrogen) atoms. The van der Waals surface area contributed by atoms with E-state index in [1.165, 1.54) is 16.0 Å². The number of rotatable bonds is 8. The summed E-state index contributed by atoms with van der Waals surface area (Å²) in [6.45, 7) is 17.1. The molecule has 0 saturated carbocycles. The van der Waals surface area contributed by atoms with Gasteiger partial charge in [-0.2, -0.15) is 0 Å². The zero-order valence-electron chi connectivity index (χ0n) is 21.7. The predicted molar refractivity (Wildman–Crippen MR) is 148 cm³/mol. The van der Waals surface area contributed by atoms with Crippen LogP contribution in [-0.2, 0) is 17.8 Å². The molecule has 1 aliphatic rings. The molecule has 0 aliphatic carbocycles. The van der Waals surface area contributed by atoms with Crippen LogP contribution in [0.2, 0.25) is 0 Å². The number of alkyl halides is 1. The van der Waals surface area contributed by atoms with Crippen LogP contribution in [0.25, 0.3) is 10.9 Å². The SMILES string of the molecule is CC(C)(C)Cc1c(SC(C)(C)C)[nH]c2c(CN3CCC(CCNC(=O)CBr)CC3)c(O)ccc12. The minimum atomic E-state index is 0.0572. The highest BCUT2D eigenvalue weighted by Gasteiger charge is 2.26. The lowest BCUT2D eigenvalue weighted by atomic mass is 9.88. The fourth-order valence-electron chi connectivity index (χ4n) is 4.72. The number of likely N-dealkylation sites (tertiary alicyclic amines) is 1. The van der Waals surface area contributed by atoms with Crippen LogP contribution in [0.1, 0.15) is 71.9 Å². The van der Waals surface area contributed by atoms with Crippen molar-refractivity contribution in [2.24, 2.45) is 11.3 Å². The number of thioether (sulfide) groups is 1. The summed E-state index contributed by atoms with van der Waals surface area (Å²) in [4.78, 5) is 17.6. The number of nitrogens with one attached hydrogen (secondary N) is 2. The number of H-pyrrole nitrogens is 1. The van der Waals surface area contributed by atoms with E-state index in [2.05, 4.69) is 78.7 Å². The lowest BCUT2D eigenvalue weighted by molar-refractivity contribution is -0.118. The van der Waals surface area contributed by atoms with Crippen molar-refractivity contribution in [1.82, 2.24) is 15.2 Å². The Kier molecular flexibility index (Phi) is 9.07. The van der Waals surface area contributed by atoms with Crippen LogP contribution in [0.4, 0.5) is 0 Å². The van der Waals surface area contributed by atoms with Crippen molar-refractivity contribution in [2.45, 2.75) is 83.5 Å². The summed E-state index contributed by atoms with van der Waals surface area (Å²) in [7, 11) is 0. The third-order valence-electron chi connectivity index (χ3n) is 6.33. The smallest absolute Gasteiger partial charge is 0.230 e. The van der Waals surface area contributed by atoms with Gasteiger partial charge in [-0.1, -0.05) is 57.5 Å². The first-order chi connectivity index (χ1) is 15.9. The first-order valence-electron chi connectivity index (χ1n) is 12.5. The molecule has 0 atom stereocenters. The van der Waals surface area contributed by atoms with E-state index in [1.54, 1.807) is 0 Å². The molecule has 1 aromatic carbocycles. The van der Waals surface area contributed by atoms with Gasteiger partial charge in [0.05, 0.1) is 15.9 Å². The van der Waals surface area contributed by atoms with Crippen LogP contribution < -0.4 is 5.32 Å². The number of piperidine rings is 1. The number of hydrogen-bond acceptors (Lipinski definition) is 4. The van der Waals surface area contributed by atoms with E-state index in [-0.39, 0.29) is 16.1 Å². The molecule has 7 heteroatoms. The number of nitrogens with zero attached hydrogens (tertiary/aromatic N) is 1. The van der Waals surface area contributed by atoms with Gasteiger partial charge in [-0.15, -0.1) is 11.8 Å². The summed E-state index contributed by atoms with van der Waals surface area (Å²) < 4.78 is 0.103. The van der Waals surface area contributed by atoms with Gasteiger partial charge >= 0.3 is 0 Å². The molecule has 0 bridgehead atoms. The van der Waals surface area contributed by atoms with Crippen molar-refractivity contribution >= 4 is 44.5 Å². The van der Waals surface area contributed by atoms with Crippen LogP contribution in [-0.4, -0.2) is 50.6 Å². The number of aromatic hydroxyl groups is 1. The maximum atomic E-state index is 11.4. The van der Waals surface area contributed by atoms with E-state index in [0.717, 1.165) is 62.9 Å². The molecule has 1 aromatic heterocycles. The van der Waals surface area contributed by atoms with Crippen molar-refractivity contribution in [2.75, 3.05) is 25.0 Å². The minimum absolute atomic E-state index is 0.0572. The van der Waals surface area contributed by atoms with Gasteiger partial charge in [0, 0.05) is 28.8 Å². The third kappa shape index (κ3) is 7.66. The van der Waals surface area contributed by atoms with Gasteiger partial charge in [0.15, 0.2) is 0 Å². The average molecular weight is 553 g/mol. The fourth-order valence-corrected chi connectivity index (χ4v) is 5.99. The Labute approximate surface area is 218 Å². The number of aromatic nitrogens is 1. The fraction of sp³-hybridized carbons (Fsp3) is 0.667. The molecule has 1 fully saturated rings. The van der Waals surface area contributed by atoms with Gasteiger partial charge < -0.3 is 15.4 Å². The number of benzene rings is 1. The normalized spacial score (nSPS) is 16.3. The zero-order valence-corrected chi connectivity index (χ0v) is 24.1. The van der Waals surface area contributed by atoms with Gasteiger partial charge in [0.2, 0.25) is 5.91 Å². The first-order valence-corrected chi connectivity index (χ1v) is 14.4. The van der Waals surface area contributed by atoms with Gasteiger partial charge in [-0.05, 0) is 67.8 Å². The molecule has 0 unspecified atom stereocenters. The summed E-state index contributed by atoms with van der Waals surface area (Å²) >= 11 is 5.08. The second-order valence-electron chi connectivity index (χ2n) is 11.9. The number of amides is 1. The van der Waals surface area contributed by atoms with Crippen molar-refractivity contribution < 1.29 is 9.90 Å². The zero-order chi connectivity index (χ0) is 25.1. The van der Waals surface area contributed by atoms with E-state index >= 15 is 0 Å². The Hall–Kier alpha value is -1.18. The molecule has 0 spiro atoms. The Morgan fingerprint density at radius 1 is 1.18 bits per heavy atom. The number of halogens is 1. The maximum absolute atomic E-state index is 11.4. The Morgan fingerprint density at radius 2 is 1.85 bits per heavy atom. The monoisotopic (exact) mass is 551 g/mol. The van der Waals surface area contributed by atoms with Crippen molar-refractivity contribution in [3.63, 3.8) is 0 Å². The molecule has 3 N–H and O–H groups in total. The quantitative estimate of drug-likeness (QED) is 0.260. The van der Waals surface area contributed by atoms with Gasteiger partial charge in [0.25, 0.3) is 0 Å². The van der Waals surface area contributed by atoms with E-state index < -0.39 is 0 Å². The molecule has 5 nitrogen and oxygen atoms in total. The molecule has 2 aromatic rings. The van der Waals surface area contributed by atoms with E-state index in [1.807, 2.05) is 17.8 Å². The van der Waals surface area contributed by atoms with Crippen LogP contribution in [0.15, 0.2) is 17.2 Å². The topological polar surface area (TPSA) is 68.4 Å². The number of phenols is 1. The Balaban J connectivity index is 1.77. The van der Waals surface area contributed by atoms with Crippen LogP contribution in [0.3, 0.4) is 0 Å². The Morgan fingerprint density at radius 3 is 2.44 bits per heavy atom. The molecule has 3 rings (SSSR count). The van der Waals surface area contributed by atoms with Crippen molar-refractivity contribution in [3.05, 3.63) is 23.3 Å². The van der Waals surface area contributed by atoms with E-state index in [9.17, 15) is 9.90 Å². The lowest BCUT2D eigenvalue weighted by Gasteiger charge is -2.32. The highest BCUT2D eigenvalue weighted by molar-refractivity contribution is 9.09. The number of carbonyl (C=O) groups excluding carboxylic acids is 1. The summed E-state index contributed by atoms with van der Waals surface area (Å²) in [6, 6.07) is 3.97. The third-order valence-corrected chi connectivity index (χ3v) is 8.00. The summed E-state index contributed by atoms with van der Waals surface area (Å²) in [5.41, 5.74) is 3.64. The number of fused-ring (bicyclic) bond motifs is 1. The number of hydrogen-bond donors (Lipinski definition) is 3. The van der Waals surface area contributed by atoms with Crippen molar-refractivity contribution in [1.29, 1.82) is 0 Å². The molecule has 1 aliphatic heterocycles. The number of phenolic OH excluding ortho intramolecular Hbond substituents is 1. The van der Waals surface area contributed by atoms with Crippen LogP contribution in [0.5, 0.6) is 5.75 Å². The summed E-state index contributed by atoms with van der Waals surface area (Å²) in [5, 5.41) is 16.7. The molecule has 0 radical (unpaired) electrons. The van der Waals surface area contributed by atoms with Crippen molar-refractivity contribution in [3.8, 4) is 5.75 Å². The van der Waals surface area contributed by atoms with Gasteiger partial charge in [-0.25, -0.2) is 0 Å². The molecule has 1 amide bonds. The second-order valence-corrected chi connectivity index (χ2v) is 14.3. The largest absolute Gasteiger partial charge is 0.508 e. The highest BCUT2D eigenvalue weighted by Crippen LogP contribution is 2.42. The molecule has 1 saturated heterocycles.